The number of aromatic amines is 1. The number of rotatable bonds is 5. The van der Waals surface area contributed by atoms with E-state index in [1.54, 1.807) is 18.6 Å². The number of carbonyl (C=O) groups is 1. The lowest BCUT2D eigenvalue weighted by atomic mass is 9.98. The normalized spacial score (nSPS) is 13.9. The van der Waals surface area contributed by atoms with E-state index in [0.717, 1.165) is 28.1 Å². The van der Waals surface area contributed by atoms with Gasteiger partial charge in [0.05, 0.1) is 28.2 Å². The first-order valence-corrected chi connectivity index (χ1v) is 10.3. The van der Waals surface area contributed by atoms with E-state index in [1.165, 1.54) is 12.1 Å². The third kappa shape index (κ3) is 3.85. The number of aromatic nitrogens is 2. The second-order valence-electron chi connectivity index (χ2n) is 7.72. The topological polar surface area (TPSA) is 113 Å². The lowest BCUT2D eigenvalue weighted by Crippen LogP contribution is -2.10. The Morgan fingerprint density at radius 3 is 2.61 bits per heavy atom. The maximum absolute atomic E-state index is 13.0. The lowest BCUT2D eigenvalue weighted by molar-refractivity contribution is -0.384. The number of nitro groups is 1. The highest BCUT2D eigenvalue weighted by atomic mass is 16.6. The van der Waals surface area contributed by atoms with E-state index in [1.807, 2.05) is 55.5 Å². The highest BCUT2D eigenvalue weighted by Crippen LogP contribution is 2.39. The summed E-state index contributed by atoms with van der Waals surface area (Å²) in [5.74, 6) is -0.322. The molecule has 1 aliphatic rings. The molecule has 0 aliphatic carbocycles. The van der Waals surface area contributed by atoms with E-state index in [-0.39, 0.29) is 11.6 Å². The van der Waals surface area contributed by atoms with E-state index >= 15 is 0 Å². The maximum Gasteiger partial charge on any atom is 0.270 e. The van der Waals surface area contributed by atoms with Crippen molar-refractivity contribution in [2.24, 2.45) is 0 Å². The Hall–Kier alpha value is -4.72. The molecule has 5 rings (SSSR count). The van der Waals surface area contributed by atoms with Crippen LogP contribution in [-0.2, 0) is 4.79 Å². The molecule has 0 spiro atoms. The molecule has 0 saturated heterocycles. The van der Waals surface area contributed by atoms with Crippen LogP contribution in [0.2, 0.25) is 0 Å². The number of H-pyrrole nitrogens is 1. The molecule has 3 N–H and O–H groups in total. The Labute approximate surface area is 189 Å². The van der Waals surface area contributed by atoms with Crippen LogP contribution in [0.25, 0.3) is 22.5 Å². The molecular weight excluding hydrogens is 418 g/mol. The smallest absolute Gasteiger partial charge is 0.270 e. The van der Waals surface area contributed by atoms with Gasteiger partial charge in [0.15, 0.2) is 0 Å². The summed E-state index contributed by atoms with van der Waals surface area (Å²) in [5, 5.41) is 17.6. The van der Waals surface area contributed by atoms with Gasteiger partial charge >= 0.3 is 0 Å². The van der Waals surface area contributed by atoms with Gasteiger partial charge in [-0.3, -0.25) is 14.9 Å². The van der Waals surface area contributed by atoms with Crippen molar-refractivity contribution < 1.29 is 9.72 Å². The van der Waals surface area contributed by atoms with Gasteiger partial charge in [0, 0.05) is 40.8 Å². The predicted octanol–water partition coefficient (Wildman–Crippen LogP) is 5.23. The van der Waals surface area contributed by atoms with E-state index in [0.29, 0.717) is 22.5 Å². The molecular formula is C25H19N5O3. The summed E-state index contributed by atoms with van der Waals surface area (Å²) >= 11 is 0. The zero-order valence-corrected chi connectivity index (χ0v) is 17.6. The van der Waals surface area contributed by atoms with Crippen LogP contribution in [0.5, 0.6) is 0 Å². The van der Waals surface area contributed by atoms with E-state index in [9.17, 15) is 14.9 Å². The monoisotopic (exact) mass is 437 g/mol. The van der Waals surface area contributed by atoms with Crippen LogP contribution >= 0.6 is 0 Å². The zero-order chi connectivity index (χ0) is 22.9. The number of anilines is 2. The first kappa shape index (κ1) is 20.2. The first-order valence-electron chi connectivity index (χ1n) is 10.3. The van der Waals surface area contributed by atoms with Crippen molar-refractivity contribution in [3.05, 3.63) is 106 Å². The fourth-order valence-electron chi connectivity index (χ4n) is 3.83. The van der Waals surface area contributed by atoms with Crippen molar-refractivity contribution in [2.75, 3.05) is 10.6 Å². The second-order valence-corrected chi connectivity index (χ2v) is 7.72. The minimum Gasteiger partial charge on any atom is -0.354 e. The summed E-state index contributed by atoms with van der Waals surface area (Å²) in [6.45, 7) is 1.98. The molecule has 0 unspecified atom stereocenters. The number of aryl methyl sites for hydroxylation is 1. The van der Waals surface area contributed by atoms with Crippen LogP contribution in [0.4, 0.5) is 17.1 Å². The minimum atomic E-state index is -0.465. The largest absolute Gasteiger partial charge is 0.354 e. The number of nitrogens with one attached hydrogen (secondary N) is 3. The molecule has 1 aliphatic heterocycles. The summed E-state index contributed by atoms with van der Waals surface area (Å²) in [7, 11) is 0. The number of nitrogens with zero attached hydrogens (tertiary/aromatic N) is 2. The number of benzene rings is 3. The molecule has 1 aromatic heterocycles. The Balaban J connectivity index is 1.67. The molecule has 1 amide bonds. The Kier molecular flexibility index (Phi) is 4.95. The SMILES string of the molecule is Cc1ccc(C(Nc2cccc(-c3c[nH]cn3)c2)=C2C(=O)Nc3ccc([N+](=O)[O-])cc32)cc1. The molecule has 0 saturated carbocycles. The van der Waals surface area contributed by atoms with E-state index in [4.69, 9.17) is 0 Å². The van der Waals surface area contributed by atoms with Gasteiger partial charge in [-0.25, -0.2) is 4.98 Å². The van der Waals surface area contributed by atoms with Gasteiger partial charge in [-0.2, -0.15) is 0 Å². The van der Waals surface area contributed by atoms with Crippen LogP contribution < -0.4 is 10.6 Å². The highest BCUT2D eigenvalue weighted by Gasteiger charge is 2.30. The van der Waals surface area contributed by atoms with Gasteiger partial charge < -0.3 is 15.6 Å². The summed E-state index contributed by atoms with van der Waals surface area (Å²) in [6, 6.07) is 19.8. The fourth-order valence-corrected chi connectivity index (χ4v) is 3.83. The molecule has 4 aromatic rings. The van der Waals surface area contributed by atoms with E-state index in [2.05, 4.69) is 20.6 Å². The predicted molar refractivity (Wildman–Crippen MR) is 127 cm³/mol. The number of non-ortho nitro benzene ring substituents is 1. The summed E-state index contributed by atoms with van der Waals surface area (Å²) < 4.78 is 0. The lowest BCUT2D eigenvalue weighted by Gasteiger charge is -2.15. The zero-order valence-electron chi connectivity index (χ0n) is 17.6. The van der Waals surface area contributed by atoms with Gasteiger partial charge in [0.25, 0.3) is 11.6 Å². The van der Waals surface area contributed by atoms with Gasteiger partial charge in [-0.05, 0) is 30.7 Å². The number of fused-ring (bicyclic) bond motifs is 1. The van der Waals surface area contributed by atoms with Crippen LogP contribution in [0, 0.1) is 17.0 Å². The minimum absolute atomic E-state index is 0.0773. The van der Waals surface area contributed by atoms with Crippen molar-refractivity contribution >= 4 is 34.2 Å². The highest BCUT2D eigenvalue weighted by molar-refractivity contribution is 6.37. The molecule has 0 fully saturated rings. The molecule has 0 radical (unpaired) electrons. The summed E-state index contributed by atoms with van der Waals surface area (Å²) in [6.07, 6.45) is 3.42. The third-order valence-corrected chi connectivity index (χ3v) is 5.47. The molecule has 0 bridgehead atoms. The average Bonchev–Trinajstić information content (AvgIpc) is 3.46. The van der Waals surface area contributed by atoms with Gasteiger partial charge in [0.1, 0.15) is 0 Å². The number of carbonyl (C=O) groups excluding carboxylic acids is 1. The number of imidazole rings is 1. The van der Waals surface area contributed by atoms with Crippen LogP contribution in [0.15, 0.2) is 79.3 Å². The average molecular weight is 437 g/mol. The molecule has 8 nitrogen and oxygen atoms in total. The standard InChI is InChI=1S/C25H19N5O3/c1-15-5-7-16(8-6-15)24(28-18-4-2-3-17(11-18)22-13-26-14-27-22)23-20-12-19(30(32)33)9-10-21(20)29-25(23)31/h2-14,28H,1H3,(H,26,27)(H,29,31). The van der Waals surface area contributed by atoms with Gasteiger partial charge in [-0.1, -0.05) is 42.0 Å². The van der Waals surface area contributed by atoms with Crippen molar-refractivity contribution in [1.29, 1.82) is 0 Å². The fraction of sp³-hybridized carbons (Fsp3) is 0.0400. The molecule has 162 valence electrons. The number of nitro benzene ring substituents is 1. The Morgan fingerprint density at radius 2 is 1.88 bits per heavy atom. The number of hydrogen-bond donors (Lipinski definition) is 3. The molecule has 8 heteroatoms. The summed E-state index contributed by atoms with van der Waals surface area (Å²) in [4.78, 5) is 31.2. The Bertz CT molecular complexity index is 1410. The second kappa shape index (κ2) is 8.08. The van der Waals surface area contributed by atoms with E-state index < -0.39 is 4.92 Å². The van der Waals surface area contributed by atoms with Crippen molar-refractivity contribution in [1.82, 2.24) is 9.97 Å². The van der Waals surface area contributed by atoms with Gasteiger partial charge in [0.2, 0.25) is 0 Å². The van der Waals surface area contributed by atoms with Crippen molar-refractivity contribution in [3.63, 3.8) is 0 Å². The van der Waals surface area contributed by atoms with Crippen molar-refractivity contribution in [2.45, 2.75) is 6.92 Å². The van der Waals surface area contributed by atoms with Crippen LogP contribution in [0.1, 0.15) is 16.7 Å². The van der Waals surface area contributed by atoms with Crippen molar-refractivity contribution in [3.8, 4) is 11.3 Å². The quantitative estimate of drug-likeness (QED) is 0.225. The summed E-state index contributed by atoms with van der Waals surface area (Å²) in [5.41, 5.74) is 6.18. The third-order valence-electron chi connectivity index (χ3n) is 5.47. The number of hydrogen-bond acceptors (Lipinski definition) is 5. The number of amides is 1. The van der Waals surface area contributed by atoms with Crippen LogP contribution in [-0.4, -0.2) is 20.8 Å². The molecule has 2 heterocycles. The maximum atomic E-state index is 13.0. The first-order chi connectivity index (χ1) is 16.0. The van der Waals surface area contributed by atoms with Crippen LogP contribution in [0.3, 0.4) is 0 Å². The molecule has 3 aromatic carbocycles. The Morgan fingerprint density at radius 1 is 1.06 bits per heavy atom. The molecule has 33 heavy (non-hydrogen) atoms. The van der Waals surface area contributed by atoms with Gasteiger partial charge in [-0.15, -0.1) is 0 Å². The molecule has 0 atom stereocenters.